The highest BCUT2D eigenvalue weighted by Gasteiger charge is 2.57. The van der Waals surface area contributed by atoms with Crippen molar-refractivity contribution in [3.05, 3.63) is 64.7 Å². The minimum Gasteiger partial charge on any atom is -0.508 e. The van der Waals surface area contributed by atoms with Gasteiger partial charge in [-0.25, -0.2) is 0 Å². The molecule has 0 aromatic heterocycles. The second-order valence-corrected chi connectivity index (χ2v) is 8.99. The van der Waals surface area contributed by atoms with Gasteiger partial charge in [0.2, 0.25) is 0 Å². The number of piperidine rings is 1. The SMILES string of the molecule is CNC(=O)c1cccc(C(=O)N2CCC3(C)c4cccc(O)c4C[C@@H]2C3(C)C)c1. The fraction of sp³-hybridized carbons (Fsp3) is 0.417. The molecular formula is C24H28N2O3. The zero-order valence-corrected chi connectivity index (χ0v) is 17.5. The Hall–Kier alpha value is -2.82. The molecule has 1 heterocycles. The molecule has 152 valence electrons. The van der Waals surface area contributed by atoms with E-state index in [1.807, 2.05) is 11.0 Å². The lowest BCUT2D eigenvalue weighted by molar-refractivity contribution is -0.0266. The summed E-state index contributed by atoms with van der Waals surface area (Å²) in [5.74, 6) is 0.0441. The first-order valence-electron chi connectivity index (χ1n) is 10.1. The van der Waals surface area contributed by atoms with Crippen molar-refractivity contribution in [2.75, 3.05) is 13.6 Å². The minimum absolute atomic E-state index is 0.0294. The lowest BCUT2D eigenvalue weighted by atomic mass is 9.51. The van der Waals surface area contributed by atoms with Crippen molar-refractivity contribution in [3.8, 4) is 5.75 Å². The molecule has 0 saturated carbocycles. The molecule has 0 radical (unpaired) electrons. The maximum Gasteiger partial charge on any atom is 0.254 e. The van der Waals surface area contributed by atoms with Gasteiger partial charge in [0, 0.05) is 36.2 Å². The van der Waals surface area contributed by atoms with Gasteiger partial charge < -0.3 is 15.3 Å². The highest BCUT2D eigenvalue weighted by atomic mass is 16.3. The number of fused-ring (bicyclic) bond motifs is 4. The summed E-state index contributed by atoms with van der Waals surface area (Å²) in [6, 6.07) is 12.6. The van der Waals surface area contributed by atoms with Crippen LogP contribution < -0.4 is 5.32 Å². The van der Waals surface area contributed by atoms with E-state index in [0.29, 0.717) is 29.8 Å². The summed E-state index contributed by atoms with van der Waals surface area (Å²) in [5.41, 5.74) is 2.88. The summed E-state index contributed by atoms with van der Waals surface area (Å²) in [6.07, 6.45) is 1.46. The van der Waals surface area contributed by atoms with Gasteiger partial charge >= 0.3 is 0 Å². The summed E-state index contributed by atoms with van der Waals surface area (Å²) in [5, 5.41) is 13.1. The number of hydrogen-bond acceptors (Lipinski definition) is 3. The van der Waals surface area contributed by atoms with E-state index >= 15 is 0 Å². The Bertz CT molecular complexity index is 997. The molecular weight excluding hydrogens is 364 g/mol. The van der Waals surface area contributed by atoms with Gasteiger partial charge in [0.25, 0.3) is 11.8 Å². The molecule has 4 rings (SSSR count). The molecule has 2 aromatic carbocycles. The number of hydrogen-bond donors (Lipinski definition) is 2. The zero-order valence-electron chi connectivity index (χ0n) is 17.5. The van der Waals surface area contributed by atoms with Crippen LogP contribution in [0.5, 0.6) is 5.75 Å². The van der Waals surface area contributed by atoms with Crippen molar-refractivity contribution in [1.29, 1.82) is 0 Å². The van der Waals surface area contributed by atoms with Gasteiger partial charge in [0.15, 0.2) is 0 Å². The van der Waals surface area contributed by atoms with Gasteiger partial charge in [-0.05, 0) is 53.6 Å². The smallest absolute Gasteiger partial charge is 0.254 e. The number of carbonyl (C=O) groups excluding carboxylic acids is 2. The van der Waals surface area contributed by atoms with Crippen LogP contribution in [0.1, 0.15) is 59.0 Å². The predicted molar refractivity (Wildman–Crippen MR) is 112 cm³/mol. The van der Waals surface area contributed by atoms with Crippen LogP contribution in [0.25, 0.3) is 0 Å². The first-order valence-corrected chi connectivity index (χ1v) is 10.1. The van der Waals surface area contributed by atoms with Crippen LogP contribution in [0.4, 0.5) is 0 Å². The van der Waals surface area contributed by atoms with Crippen molar-refractivity contribution in [1.82, 2.24) is 10.2 Å². The van der Waals surface area contributed by atoms with Gasteiger partial charge in [-0.3, -0.25) is 9.59 Å². The second-order valence-electron chi connectivity index (χ2n) is 8.99. The highest BCUT2D eigenvalue weighted by molar-refractivity contribution is 5.99. The molecule has 29 heavy (non-hydrogen) atoms. The molecule has 1 aliphatic heterocycles. The number of phenols is 1. The first kappa shape index (κ1) is 19.5. The van der Waals surface area contributed by atoms with Gasteiger partial charge in [0.05, 0.1) is 0 Å². The number of carbonyl (C=O) groups is 2. The molecule has 2 amide bonds. The summed E-state index contributed by atoms with van der Waals surface area (Å²) >= 11 is 0. The van der Waals surface area contributed by atoms with Crippen molar-refractivity contribution < 1.29 is 14.7 Å². The summed E-state index contributed by atoms with van der Waals surface area (Å²) in [7, 11) is 1.58. The number of rotatable bonds is 2. The highest BCUT2D eigenvalue weighted by Crippen LogP contribution is 2.57. The van der Waals surface area contributed by atoms with Gasteiger partial charge in [-0.15, -0.1) is 0 Å². The van der Waals surface area contributed by atoms with E-state index < -0.39 is 0 Å². The van der Waals surface area contributed by atoms with Crippen molar-refractivity contribution in [3.63, 3.8) is 0 Å². The topological polar surface area (TPSA) is 69.6 Å². The molecule has 0 spiro atoms. The molecule has 1 unspecified atom stereocenters. The molecule has 2 aliphatic rings. The number of nitrogens with one attached hydrogen (secondary N) is 1. The Morgan fingerprint density at radius 2 is 1.79 bits per heavy atom. The minimum atomic E-state index is -0.206. The van der Waals surface area contributed by atoms with Gasteiger partial charge in [-0.1, -0.05) is 39.0 Å². The maximum atomic E-state index is 13.5. The van der Waals surface area contributed by atoms with E-state index in [9.17, 15) is 14.7 Å². The van der Waals surface area contributed by atoms with E-state index in [-0.39, 0.29) is 28.7 Å². The quantitative estimate of drug-likeness (QED) is 0.822. The van der Waals surface area contributed by atoms with E-state index in [1.165, 1.54) is 5.56 Å². The Morgan fingerprint density at radius 3 is 2.52 bits per heavy atom. The molecule has 2 atom stereocenters. The third-order valence-corrected chi connectivity index (χ3v) is 7.49. The van der Waals surface area contributed by atoms with Gasteiger partial charge in [-0.2, -0.15) is 0 Å². The summed E-state index contributed by atoms with van der Waals surface area (Å²) in [6.45, 7) is 7.37. The fourth-order valence-corrected chi connectivity index (χ4v) is 5.27. The summed E-state index contributed by atoms with van der Waals surface area (Å²) < 4.78 is 0. The molecule has 2 bridgehead atoms. The van der Waals surface area contributed by atoms with Crippen LogP contribution in [0, 0.1) is 5.41 Å². The third kappa shape index (κ3) is 2.75. The Labute approximate surface area is 171 Å². The van der Waals surface area contributed by atoms with E-state index in [4.69, 9.17) is 0 Å². The van der Waals surface area contributed by atoms with Gasteiger partial charge in [0.1, 0.15) is 5.75 Å². The van der Waals surface area contributed by atoms with Crippen LogP contribution in [-0.4, -0.2) is 41.5 Å². The van der Waals surface area contributed by atoms with Crippen molar-refractivity contribution >= 4 is 11.8 Å². The number of likely N-dealkylation sites (tertiary alicyclic amines) is 1. The normalized spacial score (nSPS) is 24.6. The molecule has 1 fully saturated rings. The van der Waals surface area contributed by atoms with Crippen molar-refractivity contribution in [2.45, 2.75) is 45.1 Å². The number of aromatic hydroxyl groups is 1. The number of amides is 2. The van der Waals surface area contributed by atoms with E-state index in [2.05, 4.69) is 32.2 Å². The number of benzene rings is 2. The molecule has 5 heteroatoms. The lowest BCUT2D eigenvalue weighted by Gasteiger charge is -2.60. The maximum absolute atomic E-state index is 13.5. The summed E-state index contributed by atoms with van der Waals surface area (Å²) in [4.78, 5) is 27.4. The number of phenolic OH excluding ortho intramolecular Hbond substituents is 1. The predicted octanol–water partition coefficient (Wildman–Crippen LogP) is 3.51. The first-order chi connectivity index (χ1) is 13.7. The average molecular weight is 392 g/mol. The number of nitrogens with zero attached hydrogens (tertiary/aromatic N) is 1. The van der Waals surface area contributed by atoms with E-state index in [0.717, 1.165) is 12.0 Å². The van der Waals surface area contributed by atoms with Crippen LogP contribution in [0.2, 0.25) is 0 Å². The molecule has 2 N–H and O–H groups in total. The average Bonchev–Trinajstić information content (AvgIpc) is 2.70. The Balaban J connectivity index is 1.74. The fourth-order valence-electron chi connectivity index (χ4n) is 5.27. The third-order valence-electron chi connectivity index (χ3n) is 7.49. The van der Waals surface area contributed by atoms with Crippen LogP contribution in [-0.2, 0) is 11.8 Å². The largest absolute Gasteiger partial charge is 0.508 e. The monoisotopic (exact) mass is 392 g/mol. The van der Waals surface area contributed by atoms with Crippen LogP contribution in [0.15, 0.2) is 42.5 Å². The van der Waals surface area contributed by atoms with E-state index in [1.54, 1.807) is 37.4 Å². The second kappa shape index (κ2) is 6.61. The van der Waals surface area contributed by atoms with Crippen LogP contribution >= 0.6 is 0 Å². The molecule has 1 saturated heterocycles. The van der Waals surface area contributed by atoms with Crippen molar-refractivity contribution in [2.24, 2.45) is 5.41 Å². The van der Waals surface area contributed by atoms with Crippen LogP contribution in [0.3, 0.4) is 0 Å². The lowest BCUT2D eigenvalue weighted by Crippen LogP contribution is -2.64. The standard InChI is InChI=1S/C24H28N2O3/c1-23(2)20-14-17-18(9-6-10-19(17)27)24(23,3)11-12-26(20)22(29)16-8-5-7-15(13-16)21(28)25-4/h5-10,13,20,27H,11-12,14H2,1-4H3,(H,25,28)/t20-,24?/m1/s1. The molecule has 1 aliphatic carbocycles. The molecule has 5 nitrogen and oxygen atoms in total. The Kier molecular flexibility index (Phi) is 4.45. The molecule has 2 aromatic rings. The Morgan fingerprint density at radius 1 is 1.10 bits per heavy atom. The zero-order chi connectivity index (χ0) is 21.0.